The molecule has 3 aromatic rings. The number of benzene rings is 1. The van der Waals surface area contributed by atoms with E-state index in [0.29, 0.717) is 43.9 Å². The minimum atomic E-state index is -3.41. The Morgan fingerprint density at radius 3 is 2.51 bits per heavy atom. The summed E-state index contributed by atoms with van der Waals surface area (Å²) in [5.74, 6) is 0.658. The summed E-state index contributed by atoms with van der Waals surface area (Å²) in [7, 11) is -3.41. The first kappa shape index (κ1) is 25.1. The maximum atomic E-state index is 13.0. The topological polar surface area (TPSA) is 110 Å². The SMILES string of the molecule is CC(=O)N1CC[C@@H](C(=O)N2CC[C@H](Oc3ccc4nccc(-c5cnc(S(C)(=O)=O)c(C)c5)c4c3)C2)C1. The molecule has 2 aliphatic heterocycles. The molecule has 2 fully saturated rings. The predicted octanol–water partition coefficient (Wildman–Crippen LogP) is 2.86. The second kappa shape index (κ2) is 9.74. The minimum Gasteiger partial charge on any atom is -0.488 e. The first-order valence-electron chi connectivity index (χ1n) is 12.4. The van der Waals surface area contributed by atoms with Gasteiger partial charge >= 0.3 is 0 Å². The van der Waals surface area contributed by atoms with Crippen LogP contribution in [0.1, 0.15) is 25.3 Å². The summed E-state index contributed by atoms with van der Waals surface area (Å²) in [6.45, 7) is 5.57. The molecule has 0 saturated carbocycles. The molecule has 4 heterocycles. The van der Waals surface area contributed by atoms with E-state index >= 15 is 0 Å². The Morgan fingerprint density at radius 1 is 1.03 bits per heavy atom. The van der Waals surface area contributed by atoms with Crippen LogP contribution in [0.5, 0.6) is 5.75 Å². The number of amides is 2. The van der Waals surface area contributed by atoms with Gasteiger partial charge < -0.3 is 14.5 Å². The molecule has 10 heteroatoms. The standard InChI is InChI=1S/C27H30N4O5S/c1-17-12-20(14-29-26(17)37(3,34)35)23-6-9-28-25-5-4-21(13-24(23)25)36-22-8-11-31(16-22)27(33)19-7-10-30(15-19)18(2)32/h4-6,9,12-14,19,22H,7-8,10-11,15-16H2,1-3H3/t19-,22+/m1/s1. The molecule has 0 bridgehead atoms. The van der Waals surface area contributed by atoms with Crippen molar-refractivity contribution >= 4 is 32.6 Å². The van der Waals surface area contributed by atoms with Gasteiger partial charge in [0, 0.05) is 62.6 Å². The van der Waals surface area contributed by atoms with Crippen LogP contribution in [0.25, 0.3) is 22.0 Å². The number of carbonyl (C=O) groups excluding carboxylic acids is 2. The number of sulfone groups is 1. The van der Waals surface area contributed by atoms with Crippen LogP contribution in [-0.2, 0) is 19.4 Å². The number of ether oxygens (including phenoxy) is 1. The fourth-order valence-corrected chi connectivity index (χ4v) is 6.16. The van der Waals surface area contributed by atoms with Crippen molar-refractivity contribution in [3.8, 4) is 16.9 Å². The third-order valence-corrected chi connectivity index (χ3v) is 8.28. The maximum Gasteiger partial charge on any atom is 0.227 e. The lowest BCUT2D eigenvalue weighted by Gasteiger charge is -2.21. The second-order valence-electron chi connectivity index (χ2n) is 9.92. The third kappa shape index (κ3) is 5.16. The lowest BCUT2D eigenvalue weighted by atomic mass is 10.0. The Hall–Kier alpha value is -3.53. The molecule has 1 aromatic carbocycles. The van der Waals surface area contributed by atoms with Crippen LogP contribution in [-0.4, -0.2) is 78.5 Å². The first-order chi connectivity index (χ1) is 17.6. The summed E-state index contributed by atoms with van der Waals surface area (Å²) >= 11 is 0. The van der Waals surface area contributed by atoms with Crippen LogP contribution in [0.3, 0.4) is 0 Å². The number of hydrogen-bond donors (Lipinski definition) is 0. The fourth-order valence-electron chi connectivity index (χ4n) is 5.27. The van der Waals surface area contributed by atoms with Gasteiger partial charge in [-0.2, -0.15) is 0 Å². The van der Waals surface area contributed by atoms with Gasteiger partial charge in [0.1, 0.15) is 11.9 Å². The number of rotatable bonds is 5. The second-order valence-corrected chi connectivity index (χ2v) is 11.9. The van der Waals surface area contributed by atoms with Crippen molar-refractivity contribution in [2.24, 2.45) is 5.92 Å². The number of fused-ring (bicyclic) bond motifs is 1. The van der Waals surface area contributed by atoms with Crippen molar-refractivity contribution in [2.45, 2.75) is 37.8 Å². The zero-order valence-electron chi connectivity index (χ0n) is 21.2. The van der Waals surface area contributed by atoms with Crippen LogP contribution in [0.2, 0.25) is 0 Å². The molecule has 2 aromatic heterocycles. The highest BCUT2D eigenvalue weighted by molar-refractivity contribution is 7.90. The molecule has 0 unspecified atom stereocenters. The average Bonchev–Trinajstić information content (AvgIpc) is 3.53. The highest BCUT2D eigenvalue weighted by Gasteiger charge is 2.36. The van der Waals surface area contributed by atoms with Crippen LogP contribution >= 0.6 is 0 Å². The number of pyridine rings is 2. The molecule has 0 N–H and O–H groups in total. The van der Waals surface area contributed by atoms with E-state index in [1.54, 1.807) is 31.1 Å². The van der Waals surface area contributed by atoms with Gasteiger partial charge in [0.25, 0.3) is 0 Å². The van der Waals surface area contributed by atoms with Gasteiger partial charge in [0.15, 0.2) is 14.9 Å². The molecule has 9 nitrogen and oxygen atoms in total. The van der Waals surface area contributed by atoms with E-state index in [1.807, 2.05) is 35.2 Å². The Morgan fingerprint density at radius 2 is 1.81 bits per heavy atom. The molecule has 0 radical (unpaired) electrons. The largest absolute Gasteiger partial charge is 0.488 e. The van der Waals surface area contributed by atoms with E-state index in [9.17, 15) is 18.0 Å². The van der Waals surface area contributed by atoms with Gasteiger partial charge in [-0.05, 0) is 54.8 Å². The summed E-state index contributed by atoms with van der Waals surface area (Å²) in [6, 6.07) is 9.41. The molecule has 2 atom stereocenters. The lowest BCUT2D eigenvalue weighted by molar-refractivity contribution is -0.134. The Balaban J connectivity index is 1.33. The van der Waals surface area contributed by atoms with Crippen molar-refractivity contribution < 1.29 is 22.7 Å². The van der Waals surface area contributed by atoms with Crippen molar-refractivity contribution in [1.29, 1.82) is 0 Å². The Labute approximate surface area is 216 Å². The summed E-state index contributed by atoms with van der Waals surface area (Å²) in [6.07, 6.45) is 5.77. The van der Waals surface area contributed by atoms with E-state index < -0.39 is 9.84 Å². The third-order valence-electron chi connectivity index (χ3n) is 7.15. The molecule has 2 saturated heterocycles. The molecular formula is C27H30N4O5S. The van der Waals surface area contributed by atoms with Crippen LogP contribution in [0.4, 0.5) is 0 Å². The van der Waals surface area contributed by atoms with Crippen LogP contribution in [0, 0.1) is 12.8 Å². The number of likely N-dealkylation sites (tertiary alicyclic amines) is 2. The van der Waals surface area contributed by atoms with Gasteiger partial charge in [-0.1, -0.05) is 0 Å². The molecule has 37 heavy (non-hydrogen) atoms. The molecule has 0 spiro atoms. The minimum absolute atomic E-state index is 0.0142. The summed E-state index contributed by atoms with van der Waals surface area (Å²) in [5.41, 5.74) is 3.05. The maximum absolute atomic E-state index is 13.0. The highest BCUT2D eigenvalue weighted by atomic mass is 32.2. The predicted molar refractivity (Wildman–Crippen MR) is 139 cm³/mol. The number of carbonyl (C=O) groups is 2. The van der Waals surface area contributed by atoms with Gasteiger partial charge in [0.05, 0.1) is 18.0 Å². The summed E-state index contributed by atoms with van der Waals surface area (Å²) < 4.78 is 30.2. The number of nitrogens with zero attached hydrogens (tertiary/aromatic N) is 4. The molecular weight excluding hydrogens is 492 g/mol. The quantitative estimate of drug-likeness (QED) is 0.507. The van der Waals surface area contributed by atoms with E-state index in [-0.39, 0.29) is 28.9 Å². The van der Waals surface area contributed by atoms with Crippen molar-refractivity contribution in [1.82, 2.24) is 19.8 Å². The van der Waals surface area contributed by atoms with E-state index in [1.165, 1.54) is 0 Å². The molecule has 5 rings (SSSR count). The highest BCUT2D eigenvalue weighted by Crippen LogP contribution is 2.32. The smallest absolute Gasteiger partial charge is 0.227 e. The number of hydrogen-bond acceptors (Lipinski definition) is 7. The zero-order chi connectivity index (χ0) is 26.3. The van der Waals surface area contributed by atoms with E-state index in [4.69, 9.17) is 4.74 Å². The first-order valence-corrected chi connectivity index (χ1v) is 14.3. The molecule has 194 valence electrons. The molecule has 2 amide bonds. The Bertz CT molecular complexity index is 1490. The van der Waals surface area contributed by atoms with Gasteiger partial charge in [-0.15, -0.1) is 0 Å². The van der Waals surface area contributed by atoms with Gasteiger partial charge in [0.2, 0.25) is 11.8 Å². The van der Waals surface area contributed by atoms with Crippen molar-refractivity contribution in [3.05, 3.63) is 48.3 Å². The normalized spacial score (nSPS) is 20.0. The average molecular weight is 523 g/mol. The van der Waals surface area contributed by atoms with Crippen LogP contribution < -0.4 is 4.74 Å². The summed E-state index contributed by atoms with van der Waals surface area (Å²) in [5, 5.41) is 0.945. The van der Waals surface area contributed by atoms with Crippen molar-refractivity contribution in [2.75, 3.05) is 32.4 Å². The monoisotopic (exact) mass is 522 g/mol. The fraction of sp³-hybridized carbons (Fsp3) is 0.407. The van der Waals surface area contributed by atoms with Gasteiger partial charge in [-0.25, -0.2) is 13.4 Å². The number of aromatic nitrogens is 2. The van der Waals surface area contributed by atoms with E-state index in [2.05, 4.69) is 9.97 Å². The molecule has 0 aliphatic carbocycles. The Kier molecular flexibility index (Phi) is 6.61. The lowest BCUT2D eigenvalue weighted by Crippen LogP contribution is -2.37. The molecule has 2 aliphatic rings. The van der Waals surface area contributed by atoms with Crippen molar-refractivity contribution in [3.63, 3.8) is 0 Å². The van der Waals surface area contributed by atoms with Gasteiger partial charge in [-0.3, -0.25) is 14.6 Å². The zero-order valence-corrected chi connectivity index (χ0v) is 22.0. The number of aryl methyl sites for hydroxylation is 1. The van der Waals surface area contributed by atoms with Crippen LogP contribution in [0.15, 0.2) is 47.8 Å². The summed E-state index contributed by atoms with van der Waals surface area (Å²) in [4.78, 5) is 36.9. The van der Waals surface area contributed by atoms with E-state index in [0.717, 1.165) is 34.7 Å².